The summed E-state index contributed by atoms with van der Waals surface area (Å²) in [5.41, 5.74) is 0. The zero-order chi connectivity index (χ0) is 12.2. The Kier molecular flexibility index (Phi) is 5.49. The number of carbonyl (C=O) groups is 1. The number of hydrogen-bond donors (Lipinski definition) is 6. The van der Waals surface area contributed by atoms with Crippen molar-refractivity contribution in [2.75, 3.05) is 6.61 Å². The number of phosphoric ester groups is 1. The highest BCUT2D eigenvalue weighted by Crippen LogP contribution is 2.37. The summed E-state index contributed by atoms with van der Waals surface area (Å²) in [5, 5.41) is 34.9. The second-order valence-electron chi connectivity index (χ2n) is 2.55. The van der Waals surface area contributed by atoms with Gasteiger partial charge in [-0.2, -0.15) is 0 Å². The normalized spacial score (nSPS) is 18.3. The molecular formula is C5H11O9P. The van der Waals surface area contributed by atoms with Crippen LogP contribution in [0.1, 0.15) is 0 Å². The summed E-state index contributed by atoms with van der Waals surface area (Å²) in [6, 6.07) is 0. The van der Waals surface area contributed by atoms with Crippen molar-refractivity contribution in [2.45, 2.75) is 18.5 Å². The molecule has 0 aliphatic carbocycles. The zero-order valence-corrected chi connectivity index (χ0v) is 8.19. The maximum Gasteiger partial charge on any atom is 0.472 e. The van der Waals surface area contributed by atoms with Gasteiger partial charge in [-0.1, -0.05) is 0 Å². The van der Waals surface area contributed by atoms with Crippen LogP contribution in [0.2, 0.25) is 0 Å². The first-order valence-electron chi connectivity index (χ1n) is 3.60. The van der Waals surface area contributed by atoms with Gasteiger partial charge >= 0.3 is 7.82 Å². The lowest BCUT2D eigenvalue weighted by atomic mass is 10.1. The molecule has 3 atom stereocenters. The third kappa shape index (κ3) is 5.30. The Balaban J connectivity index is 4.38. The van der Waals surface area contributed by atoms with Gasteiger partial charge in [0.25, 0.3) is 0 Å². The van der Waals surface area contributed by atoms with E-state index in [1.807, 2.05) is 0 Å². The van der Waals surface area contributed by atoms with Gasteiger partial charge in [-0.15, -0.1) is 0 Å². The highest BCUT2D eigenvalue weighted by Gasteiger charge is 2.34. The van der Waals surface area contributed by atoms with Gasteiger partial charge in [0.1, 0.15) is 18.8 Å². The van der Waals surface area contributed by atoms with Crippen molar-refractivity contribution in [3.63, 3.8) is 0 Å². The fourth-order valence-corrected chi connectivity index (χ4v) is 1.05. The lowest BCUT2D eigenvalue weighted by molar-refractivity contribution is -0.165. The minimum absolute atomic E-state index is 1.10. The van der Waals surface area contributed by atoms with E-state index in [1.165, 1.54) is 0 Å². The Morgan fingerprint density at radius 2 is 1.73 bits per heavy atom. The first kappa shape index (κ1) is 14.6. The Morgan fingerprint density at radius 3 is 2.07 bits per heavy atom. The molecule has 0 aliphatic rings. The smallest absolute Gasteiger partial charge is 0.388 e. The van der Waals surface area contributed by atoms with Gasteiger partial charge < -0.3 is 30.2 Å². The quantitative estimate of drug-likeness (QED) is 0.208. The average Bonchev–Trinajstić information content (AvgIpc) is 2.11. The Bertz CT molecular complexity index is 259. The van der Waals surface area contributed by atoms with Crippen LogP contribution in [0.3, 0.4) is 0 Å². The van der Waals surface area contributed by atoms with E-state index < -0.39 is 38.7 Å². The average molecular weight is 246 g/mol. The molecule has 0 fully saturated rings. The minimum Gasteiger partial charge on any atom is -0.388 e. The lowest BCUT2D eigenvalue weighted by Gasteiger charge is -2.21. The zero-order valence-electron chi connectivity index (χ0n) is 7.29. The number of carbonyl (C=O) groups excluding carboxylic acids is 1. The van der Waals surface area contributed by atoms with Gasteiger partial charge in [0.2, 0.25) is 0 Å². The van der Waals surface area contributed by atoms with E-state index in [1.54, 1.807) is 0 Å². The van der Waals surface area contributed by atoms with Crippen molar-refractivity contribution in [3.05, 3.63) is 0 Å². The predicted octanol–water partition coefficient (Wildman–Crippen LogP) is -3.30. The van der Waals surface area contributed by atoms with Crippen LogP contribution < -0.4 is 0 Å². The highest BCUT2D eigenvalue weighted by molar-refractivity contribution is 7.46. The molecule has 0 saturated carbocycles. The summed E-state index contributed by atoms with van der Waals surface area (Å²) in [6.45, 7) is -1.10. The lowest BCUT2D eigenvalue weighted by Crippen LogP contribution is -2.44. The second kappa shape index (κ2) is 5.64. The monoisotopic (exact) mass is 246 g/mol. The van der Waals surface area contributed by atoms with Crippen LogP contribution in [-0.4, -0.2) is 61.1 Å². The van der Waals surface area contributed by atoms with E-state index in [4.69, 9.17) is 30.2 Å². The molecule has 3 unspecified atom stereocenters. The fraction of sp³-hybridized carbons (Fsp3) is 0.800. The summed E-state index contributed by atoms with van der Waals surface area (Å²) in [5.74, 6) is -1.23. The van der Waals surface area contributed by atoms with Gasteiger partial charge in [0.05, 0.1) is 0 Å². The maximum atomic E-state index is 10.6. The molecule has 0 rings (SSSR count). The van der Waals surface area contributed by atoms with Crippen molar-refractivity contribution in [1.29, 1.82) is 0 Å². The van der Waals surface area contributed by atoms with E-state index in [-0.39, 0.29) is 0 Å². The molecule has 0 aromatic carbocycles. The predicted molar refractivity (Wildman–Crippen MR) is 43.2 cm³/mol. The largest absolute Gasteiger partial charge is 0.472 e. The number of rotatable bonds is 6. The van der Waals surface area contributed by atoms with E-state index in [0.717, 1.165) is 0 Å². The van der Waals surface area contributed by atoms with E-state index in [0.29, 0.717) is 0 Å². The number of aliphatic hydroxyl groups excluding tert-OH is 4. The molecule has 0 radical (unpaired) electrons. The van der Waals surface area contributed by atoms with Gasteiger partial charge in [0.15, 0.2) is 12.1 Å². The number of ketones is 1. The Labute approximate surface area is 83.8 Å². The van der Waals surface area contributed by atoms with Crippen LogP contribution in [0.25, 0.3) is 0 Å². The number of aliphatic hydroxyl groups is 4. The van der Waals surface area contributed by atoms with Gasteiger partial charge in [-0.3, -0.25) is 9.32 Å². The van der Waals surface area contributed by atoms with Crippen LogP contribution in [0.15, 0.2) is 0 Å². The number of phosphoric acid groups is 1. The van der Waals surface area contributed by atoms with Crippen LogP contribution in [0.5, 0.6) is 0 Å². The van der Waals surface area contributed by atoms with Gasteiger partial charge in [0, 0.05) is 0 Å². The van der Waals surface area contributed by atoms with Crippen molar-refractivity contribution in [2.24, 2.45) is 0 Å². The summed E-state index contributed by atoms with van der Waals surface area (Å²) in [4.78, 5) is 27.0. The Morgan fingerprint density at radius 1 is 1.27 bits per heavy atom. The molecule has 0 amide bonds. The molecular weight excluding hydrogens is 235 g/mol. The molecule has 0 aromatic heterocycles. The van der Waals surface area contributed by atoms with E-state index >= 15 is 0 Å². The molecule has 10 heteroatoms. The van der Waals surface area contributed by atoms with Crippen molar-refractivity contribution < 1.29 is 44.1 Å². The van der Waals surface area contributed by atoms with E-state index in [9.17, 15) is 9.36 Å². The van der Waals surface area contributed by atoms with Crippen LogP contribution >= 0.6 is 7.82 Å². The molecule has 0 bridgehead atoms. The SMILES string of the molecule is O=C(CO)C(O)C(O)C(O)OP(=O)(O)O. The van der Waals surface area contributed by atoms with E-state index in [2.05, 4.69) is 4.52 Å². The maximum absolute atomic E-state index is 10.6. The second-order valence-corrected chi connectivity index (χ2v) is 3.74. The molecule has 90 valence electrons. The number of hydrogen-bond acceptors (Lipinski definition) is 7. The van der Waals surface area contributed by atoms with Crippen LogP contribution in [-0.2, 0) is 13.9 Å². The standard InChI is InChI=1S/C5H11O9P/c6-1-2(7)3(8)4(9)5(10)14-15(11,12)13/h3-6,8-10H,1H2,(H2,11,12,13). The molecule has 15 heavy (non-hydrogen) atoms. The summed E-state index contributed by atoms with van der Waals surface area (Å²) < 4.78 is 13.8. The van der Waals surface area contributed by atoms with Crippen LogP contribution in [0, 0.1) is 0 Å². The molecule has 0 aromatic rings. The topological polar surface area (TPSA) is 165 Å². The van der Waals surface area contributed by atoms with Gasteiger partial charge in [-0.05, 0) is 0 Å². The first-order valence-corrected chi connectivity index (χ1v) is 5.13. The van der Waals surface area contributed by atoms with Crippen LogP contribution in [0.4, 0.5) is 0 Å². The fourth-order valence-electron chi connectivity index (χ4n) is 0.643. The summed E-state index contributed by atoms with van der Waals surface area (Å²) in [6.07, 6.45) is -6.91. The van der Waals surface area contributed by atoms with Crippen molar-refractivity contribution in [1.82, 2.24) is 0 Å². The summed E-state index contributed by atoms with van der Waals surface area (Å²) in [7, 11) is -5.05. The minimum atomic E-state index is -5.05. The molecule has 0 heterocycles. The number of Topliss-reactive ketones (excluding diaryl/α,β-unsaturated/α-hetero) is 1. The van der Waals surface area contributed by atoms with Crippen molar-refractivity contribution in [3.8, 4) is 0 Å². The van der Waals surface area contributed by atoms with Crippen molar-refractivity contribution >= 4 is 13.6 Å². The highest BCUT2D eigenvalue weighted by atomic mass is 31.2. The molecule has 9 nitrogen and oxygen atoms in total. The molecule has 0 saturated heterocycles. The molecule has 0 spiro atoms. The Hall–Kier alpha value is -0.380. The third-order valence-electron chi connectivity index (χ3n) is 1.35. The molecule has 6 N–H and O–H groups in total. The third-order valence-corrected chi connectivity index (χ3v) is 1.84. The summed E-state index contributed by atoms with van der Waals surface area (Å²) >= 11 is 0. The first-order chi connectivity index (χ1) is 6.69. The van der Waals surface area contributed by atoms with Gasteiger partial charge in [-0.25, -0.2) is 4.57 Å². The molecule has 0 aliphatic heterocycles.